The largest absolute Gasteiger partial charge is 0.481 e. The van der Waals surface area contributed by atoms with Crippen LogP contribution in [0.15, 0.2) is 70.9 Å². The van der Waals surface area contributed by atoms with Gasteiger partial charge in [-0.05, 0) is 62.4 Å². The van der Waals surface area contributed by atoms with Crippen molar-refractivity contribution in [2.75, 3.05) is 0 Å². The van der Waals surface area contributed by atoms with E-state index in [1.807, 2.05) is 48.7 Å². The van der Waals surface area contributed by atoms with Crippen molar-refractivity contribution in [1.82, 2.24) is 4.57 Å². The normalized spacial score (nSPS) is 13.4. The summed E-state index contributed by atoms with van der Waals surface area (Å²) in [5, 5.41) is 10.2. The third kappa shape index (κ3) is 5.46. The summed E-state index contributed by atoms with van der Waals surface area (Å²) in [6.07, 6.45) is -3.75. The molecule has 2 aromatic carbocycles. The molecule has 0 saturated heterocycles. The maximum Gasteiger partial charge on any atom is 0.416 e. The van der Waals surface area contributed by atoms with Crippen LogP contribution in [0.3, 0.4) is 0 Å². The number of alkyl halides is 3. The van der Waals surface area contributed by atoms with Crippen molar-refractivity contribution in [1.29, 1.82) is 0 Å². The predicted molar refractivity (Wildman–Crippen MR) is 120 cm³/mol. The summed E-state index contributed by atoms with van der Waals surface area (Å²) >= 11 is 0. The van der Waals surface area contributed by atoms with Crippen LogP contribution in [-0.2, 0) is 23.9 Å². The van der Waals surface area contributed by atoms with Crippen LogP contribution in [0.2, 0.25) is 0 Å². The third-order valence-electron chi connectivity index (χ3n) is 5.52. The molecule has 0 unspecified atom stereocenters. The quantitative estimate of drug-likeness (QED) is 0.426. The number of allylic oxidation sites excluding steroid dienone is 2. The van der Waals surface area contributed by atoms with Gasteiger partial charge >= 0.3 is 12.1 Å². The van der Waals surface area contributed by atoms with Gasteiger partial charge in [-0.25, -0.2) is 0 Å². The Morgan fingerprint density at radius 3 is 2.31 bits per heavy atom. The highest BCUT2D eigenvalue weighted by atomic mass is 19.4. The van der Waals surface area contributed by atoms with Gasteiger partial charge in [0.15, 0.2) is 0 Å². The number of hydrogen-bond donors (Lipinski definition) is 1. The highest BCUT2D eigenvalue weighted by Crippen LogP contribution is 2.29. The van der Waals surface area contributed by atoms with Gasteiger partial charge in [-0.15, -0.1) is 0 Å². The summed E-state index contributed by atoms with van der Waals surface area (Å²) in [7, 11) is 0. The summed E-state index contributed by atoms with van der Waals surface area (Å²) in [4.78, 5) is 15.9. The molecule has 7 heteroatoms. The van der Waals surface area contributed by atoms with E-state index in [2.05, 4.69) is 4.99 Å². The first-order chi connectivity index (χ1) is 15.1. The number of halogens is 3. The molecule has 1 heterocycles. The molecule has 0 aliphatic carbocycles. The molecule has 0 radical (unpaired) electrons. The smallest absolute Gasteiger partial charge is 0.416 e. The van der Waals surface area contributed by atoms with Gasteiger partial charge in [0.1, 0.15) is 0 Å². The second kappa shape index (κ2) is 9.42. The van der Waals surface area contributed by atoms with Crippen molar-refractivity contribution < 1.29 is 23.1 Å². The van der Waals surface area contributed by atoms with E-state index in [0.717, 1.165) is 40.0 Å². The molecular weight excluding hydrogens is 417 g/mol. The fourth-order valence-electron chi connectivity index (χ4n) is 3.61. The van der Waals surface area contributed by atoms with E-state index < -0.39 is 17.7 Å². The first kappa shape index (κ1) is 23.3. The van der Waals surface area contributed by atoms with Gasteiger partial charge in [-0.1, -0.05) is 35.9 Å². The van der Waals surface area contributed by atoms with Gasteiger partial charge in [0, 0.05) is 29.2 Å². The fourth-order valence-corrected chi connectivity index (χ4v) is 3.61. The number of aliphatic imine (C=N–C) groups is 1. The van der Waals surface area contributed by atoms with Crippen molar-refractivity contribution in [2.24, 2.45) is 4.99 Å². The Hall–Kier alpha value is -3.35. The minimum Gasteiger partial charge on any atom is -0.481 e. The highest BCUT2D eigenvalue weighted by molar-refractivity contribution is 5.99. The Balaban J connectivity index is 1.79. The standard InChI is InChI=1S/C25H25F3N2O2/c1-16(17(2)29-18(3)19-8-10-21(11-9-19)25(26,27)28)12-13-30-22(15-24(31)32)14-20-6-4-5-7-23(20)30/h4-11,14H,12-13,15H2,1-3H3,(H,31,32)/b17-16+,29-18?. The maximum absolute atomic E-state index is 12.8. The van der Waals surface area contributed by atoms with E-state index in [1.165, 1.54) is 12.1 Å². The number of aliphatic carboxylic acids is 1. The number of hydrogen-bond acceptors (Lipinski definition) is 2. The maximum atomic E-state index is 12.8. The molecule has 0 saturated carbocycles. The summed E-state index contributed by atoms with van der Waals surface area (Å²) in [6.45, 7) is 6.20. The number of para-hydroxylation sites is 1. The van der Waals surface area contributed by atoms with E-state index >= 15 is 0 Å². The number of aryl methyl sites for hydroxylation is 1. The Kier molecular flexibility index (Phi) is 6.87. The third-order valence-corrected chi connectivity index (χ3v) is 5.52. The van der Waals surface area contributed by atoms with E-state index in [0.29, 0.717) is 24.2 Å². The Morgan fingerprint density at radius 2 is 1.69 bits per heavy atom. The second-order valence-electron chi connectivity index (χ2n) is 7.80. The highest BCUT2D eigenvalue weighted by Gasteiger charge is 2.30. The van der Waals surface area contributed by atoms with E-state index in [1.54, 1.807) is 6.92 Å². The van der Waals surface area contributed by atoms with Crippen LogP contribution in [0.25, 0.3) is 10.9 Å². The summed E-state index contributed by atoms with van der Waals surface area (Å²) in [5.41, 5.74) is 4.12. The van der Waals surface area contributed by atoms with Crippen LogP contribution < -0.4 is 0 Å². The average Bonchev–Trinajstić information content (AvgIpc) is 3.07. The zero-order valence-electron chi connectivity index (χ0n) is 18.2. The van der Waals surface area contributed by atoms with Crippen molar-refractivity contribution in [3.05, 3.63) is 82.7 Å². The molecule has 0 bridgehead atoms. The Bertz CT molecular complexity index is 1190. The van der Waals surface area contributed by atoms with Crippen LogP contribution in [-0.4, -0.2) is 21.4 Å². The van der Waals surface area contributed by atoms with Gasteiger partial charge < -0.3 is 9.67 Å². The van der Waals surface area contributed by atoms with Crippen molar-refractivity contribution in [2.45, 2.75) is 46.3 Å². The molecule has 0 amide bonds. The van der Waals surface area contributed by atoms with E-state index in [-0.39, 0.29) is 6.42 Å². The lowest BCUT2D eigenvalue weighted by molar-refractivity contribution is -0.138. The number of aromatic nitrogens is 1. The van der Waals surface area contributed by atoms with Crippen LogP contribution in [0, 0.1) is 0 Å². The van der Waals surface area contributed by atoms with Gasteiger partial charge in [0.05, 0.1) is 12.0 Å². The van der Waals surface area contributed by atoms with Gasteiger partial charge in [-0.3, -0.25) is 9.79 Å². The Morgan fingerprint density at radius 1 is 1.03 bits per heavy atom. The minimum atomic E-state index is -4.36. The first-order valence-corrected chi connectivity index (χ1v) is 10.2. The lowest BCUT2D eigenvalue weighted by Crippen LogP contribution is -2.09. The molecule has 0 aliphatic heterocycles. The molecule has 32 heavy (non-hydrogen) atoms. The lowest BCUT2D eigenvalue weighted by Gasteiger charge is -2.12. The number of nitrogens with zero attached hydrogens (tertiary/aromatic N) is 2. The molecular formula is C25H25F3N2O2. The molecule has 0 fully saturated rings. The zero-order chi connectivity index (χ0) is 23.5. The number of carbonyl (C=O) groups is 1. The Labute approximate surface area is 184 Å². The van der Waals surface area contributed by atoms with Gasteiger partial charge in [0.2, 0.25) is 0 Å². The van der Waals surface area contributed by atoms with Crippen LogP contribution in [0.5, 0.6) is 0 Å². The van der Waals surface area contributed by atoms with E-state index in [9.17, 15) is 23.1 Å². The molecule has 3 aromatic rings. The molecule has 3 rings (SSSR count). The summed E-state index contributed by atoms with van der Waals surface area (Å²) < 4.78 is 40.3. The second-order valence-corrected chi connectivity index (χ2v) is 7.80. The number of fused-ring (bicyclic) bond motifs is 1. The molecule has 0 spiro atoms. The number of rotatable bonds is 7. The fraction of sp³-hybridized carbons (Fsp3) is 0.280. The van der Waals surface area contributed by atoms with Crippen molar-refractivity contribution in [3.8, 4) is 0 Å². The summed E-state index contributed by atoms with van der Waals surface area (Å²) in [6, 6.07) is 14.6. The topological polar surface area (TPSA) is 54.6 Å². The molecule has 1 aromatic heterocycles. The first-order valence-electron chi connectivity index (χ1n) is 10.2. The SMILES string of the molecule is CC(=N/C(C)=C(\C)CCn1c(CC(=O)O)cc2ccccc21)c1ccc(C(F)(F)F)cc1. The van der Waals surface area contributed by atoms with Crippen molar-refractivity contribution >= 4 is 22.6 Å². The van der Waals surface area contributed by atoms with Crippen LogP contribution in [0.4, 0.5) is 13.2 Å². The lowest BCUT2D eigenvalue weighted by atomic mass is 10.1. The molecule has 0 aliphatic rings. The number of carboxylic acids is 1. The average molecular weight is 442 g/mol. The number of carboxylic acid groups (broad SMARTS) is 1. The number of benzene rings is 2. The van der Waals surface area contributed by atoms with E-state index in [4.69, 9.17) is 0 Å². The predicted octanol–water partition coefficient (Wildman–Crippen LogP) is 6.48. The molecule has 1 N–H and O–H groups in total. The molecule has 0 atom stereocenters. The molecule has 168 valence electrons. The van der Waals surface area contributed by atoms with Crippen LogP contribution >= 0.6 is 0 Å². The molecule has 4 nitrogen and oxygen atoms in total. The van der Waals surface area contributed by atoms with Gasteiger partial charge in [0.25, 0.3) is 0 Å². The van der Waals surface area contributed by atoms with Gasteiger partial charge in [-0.2, -0.15) is 13.2 Å². The summed E-state index contributed by atoms with van der Waals surface area (Å²) in [5.74, 6) is -0.880. The monoisotopic (exact) mass is 442 g/mol. The zero-order valence-corrected chi connectivity index (χ0v) is 18.2. The van der Waals surface area contributed by atoms with Crippen LogP contribution in [0.1, 0.15) is 44.0 Å². The van der Waals surface area contributed by atoms with Crippen molar-refractivity contribution in [3.63, 3.8) is 0 Å². The minimum absolute atomic E-state index is 0.0540.